The molecule has 0 aliphatic carbocycles. The van der Waals surface area contributed by atoms with E-state index in [0.29, 0.717) is 24.1 Å². The number of cyclic esters (lactones) is 1. The molecule has 1 aliphatic heterocycles. The maximum absolute atomic E-state index is 12.1. The average Bonchev–Trinajstić information content (AvgIpc) is 3.21. The molecule has 8 heteroatoms. The van der Waals surface area contributed by atoms with E-state index in [1.807, 2.05) is 19.9 Å². The Hall–Kier alpha value is -2.64. The van der Waals surface area contributed by atoms with Crippen molar-refractivity contribution >= 4 is 17.9 Å². The van der Waals surface area contributed by atoms with E-state index >= 15 is 0 Å². The molecule has 0 radical (unpaired) electrons. The smallest absolute Gasteiger partial charge is 0.415 e. The van der Waals surface area contributed by atoms with Crippen LogP contribution in [0, 0.1) is 5.92 Å². The molecule has 1 saturated heterocycles. The quantitative estimate of drug-likeness (QED) is 0.859. The molecule has 1 aliphatic rings. The molecule has 3 heterocycles. The highest BCUT2D eigenvalue weighted by Crippen LogP contribution is 2.26. The van der Waals surface area contributed by atoms with Crippen LogP contribution in [-0.2, 0) is 11.2 Å². The van der Waals surface area contributed by atoms with Crippen LogP contribution in [0.25, 0.3) is 0 Å². The Morgan fingerprint density at radius 1 is 1.40 bits per heavy atom. The summed E-state index contributed by atoms with van der Waals surface area (Å²) in [6, 6.07) is 3.44. The number of hydrogen-bond donors (Lipinski definition) is 1. The second kappa shape index (κ2) is 7.08. The number of aryl methyl sites for hydroxylation is 1. The summed E-state index contributed by atoms with van der Waals surface area (Å²) in [5.74, 6) is 1.92. The Balaban J connectivity index is 1.78. The van der Waals surface area contributed by atoms with Crippen molar-refractivity contribution in [1.82, 2.24) is 15.1 Å². The fourth-order valence-electron chi connectivity index (χ4n) is 2.71. The summed E-state index contributed by atoms with van der Waals surface area (Å²) >= 11 is 0. The summed E-state index contributed by atoms with van der Waals surface area (Å²) in [7, 11) is 0. The minimum atomic E-state index is -0.376. The molecule has 8 nitrogen and oxygen atoms in total. The van der Waals surface area contributed by atoms with Crippen molar-refractivity contribution in [3.05, 3.63) is 29.8 Å². The monoisotopic (exact) mass is 345 g/mol. The zero-order chi connectivity index (χ0) is 18.0. The van der Waals surface area contributed by atoms with Gasteiger partial charge in [0.1, 0.15) is 12.4 Å². The van der Waals surface area contributed by atoms with E-state index in [-0.39, 0.29) is 24.1 Å². The van der Waals surface area contributed by atoms with Gasteiger partial charge in [0.25, 0.3) is 0 Å². The molecule has 0 aromatic carbocycles. The SMILES string of the molecule is CCc1cc(C(C)Nc2nccc(N3C(=O)OCC3C(C)C)n2)on1. The van der Waals surface area contributed by atoms with Crippen LogP contribution in [0.15, 0.2) is 22.9 Å². The van der Waals surface area contributed by atoms with E-state index in [2.05, 4.69) is 34.3 Å². The lowest BCUT2D eigenvalue weighted by Crippen LogP contribution is -2.37. The van der Waals surface area contributed by atoms with E-state index < -0.39 is 0 Å². The van der Waals surface area contributed by atoms with Crippen LogP contribution < -0.4 is 10.2 Å². The lowest BCUT2D eigenvalue weighted by molar-refractivity contribution is 0.177. The first-order chi connectivity index (χ1) is 12.0. The number of rotatable bonds is 6. The van der Waals surface area contributed by atoms with E-state index in [1.54, 1.807) is 17.2 Å². The number of carbonyl (C=O) groups excluding carboxylic acids is 1. The fraction of sp³-hybridized carbons (Fsp3) is 0.529. The van der Waals surface area contributed by atoms with Crippen molar-refractivity contribution in [3.8, 4) is 0 Å². The minimum Gasteiger partial charge on any atom is -0.447 e. The summed E-state index contributed by atoms with van der Waals surface area (Å²) in [5, 5.41) is 7.18. The molecular weight excluding hydrogens is 322 g/mol. The number of amides is 1. The highest BCUT2D eigenvalue weighted by molar-refractivity contribution is 5.89. The van der Waals surface area contributed by atoms with E-state index in [4.69, 9.17) is 9.26 Å². The zero-order valence-electron chi connectivity index (χ0n) is 14.9. The molecule has 2 aromatic rings. The Bertz CT molecular complexity index is 745. The molecule has 3 rings (SSSR count). The highest BCUT2D eigenvalue weighted by Gasteiger charge is 2.37. The van der Waals surface area contributed by atoms with E-state index in [0.717, 1.165) is 12.1 Å². The van der Waals surface area contributed by atoms with Crippen molar-refractivity contribution in [1.29, 1.82) is 0 Å². The minimum absolute atomic E-state index is 0.0333. The second-order valence-corrected chi connectivity index (χ2v) is 6.44. The predicted molar refractivity (Wildman–Crippen MR) is 92.4 cm³/mol. The summed E-state index contributed by atoms with van der Waals surface area (Å²) in [6.45, 7) is 8.44. The Morgan fingerprint density at radius 2 is 2.20 bits per heavy atom. The summed E-state index contributed by atoms with van der Waals surface area (Å²) in [5.41, 5.74) is 0.901. The van der Waals surface area contributed by atoms with Crippen molar-refractivity contribution in [2.45, 2.75) is 46.2 Å². The first kappa shape index (κ1) is 17.2. The largest absolute Gasteiger partial charge is 0.447 e. The van der Waals surface area contributed by atoms with Gasteiger partial charge in [-0.15, -0.1) is 0 Å². The van der Waals surface area contributed by atoms with Gasteiger partial charge in [-0.05, 0) is 25.3 Å². The molecule has 2 atom stereocenters. The standard InChI is InChI=1S/C17H23N5O3/c1-5-12-8-14(25-21-12)11(4)19-16-18-7-6-15(20-16)22-13(10(2)3)9-24-17(22)23/h6-8,10-11,13H,5,9H2,1-4H3,(H,18,19,20). The normalized spacial score (nSPS) is 18.5. The van der Waals surface area contributed by atoms with Gasteiger partial charge >= 0.3 is 6.09 Å². The van der Waals surface area contributed by atoms with Gasteiger partial charge in [0.05, 0.1) is 17.8 Å². The number of ether oxygens (including phenoxy) is 1. The number of carbonyl (C=O) groups is 1. The molecule has 1 amide bonds. The zero-order valence-corrected chi connectivity index (χ0v) is 14.9. The summed E-state index contributed by atoms with van der Waals surface area (Å²) < 4.78 is 10.5. The van der Waals surface area contributed by atoms with Crippen molar-refractivity contribution in [2.75, 3.05) is 16.8 Å². The third kappa shape index (κ3) is 3.57. The van der Waals surface area contributed by atoms with Crippen molar-refractivity contribution in [2.24, 2.45) is 5.92 Å². The van der Waals surface area contributed by atoms with Crippen LogP contribution in [0.2, 0.25) is 0 Å². The van der Waals surface area contributed by atoms with Crippen LogP contribution in [0.3, 0.4) is 0 Å². The summed E-state index contributed by atoms with van der Waals surface area (Å²) in [6.07, 6.45) is 2.06. The second-order valence-electron chi connectivity index (χ2n) is 6.44. The number of hydrogen-bond acceptors (Lipinski definition) is 7. The van der Waals surface area contributed by atoms with Gasteiger partial charge in [0.2, 0.25) is 5.95 Å². The van der Waals surface area contributed by atoms with Crippen LogP contribution in [-0.4, -0.2) is 33.9 Å². The van der Waals surface area contributed by atoms with E-state index in [9.17, 15) is 4.79 Å². The number of nitrogens with one attached hydrogen (secondary N) is 1. The molecule has 0 spiro atoms. The molecular formula is C17H23N5O3. The molecule has 1 N–H and O–H groups in total. The van der Waals surface area contributed by atoms with Crippen LogP contribution in [0.5, 0.6) is 0 Å². The number of nitrogens with zero attached hydrogens (tertiary/aromatic N) is 4. The average molecular weight is 345 g/mol. The van der Waals surface area contributed by atoms with Crippen LogP contribution >= 0.6 is 0 Å². The van der Waals surface area contributed by atoms with Gasteiger partial charge in [-0.2, -0.15) is 4.98 Å². The van der Waals surface area contributed by atoms with Gasteiger partial charge in [-0.1, -0.05) is 25.9 Å². The Kier molecular flexibility index (Phi) is 4.87. The number of anilines is 2. The fourth-order valence-corrected chi connectivity index (χ4v) is 2.71. The first-order valence-electron chi connectivity index (χ1n) is 8.50. The number of aromatic nitrogens is 3. The summed E-state index contributed by atoms with van der Waals surface area (Å²) in [4.78, 5) is 22.4. The third-order valence-corrected chi connectivity index (χ3v) is 4.27. The molecule has 2 unspecified atom stereocenters. The maximum atomic E-state index is 12.1. The van der Waals surface area contributed by atoms with Gasteiger partial charge < -0.3 is 14.6 Å². The predicted octanol–water partition coefficient (Wildman–Crippen LogP) is 3.18. The van der Waals surface area contributed by atoms with Gasteiger partial charge in [-0.25, -0.2) is 9.78 Å². The molecule has 0 saturated carbocycles. The maximum Gasteiger partial charge on any atom is 0.415 e. The lowest BCUT2D eigenvalue weighted by atomic mass is 10.0. The topological polar surface area (TPSA) is 93.4 Å². The van der Waals surface area contributed by atoms with Gasteiger partial charge in [0.15, 0.2) is 5.76 Å². The first-order valence-corrected chi connectivity index (χ1v) is 8.50. The van der Waals surface area contributed by atoms with Gasteiger partial charge in [0, 0.05) is 12.3 Å². The molecule has 134 valence electrons. The highest BCUT2D eigenvalue weighted by atomic mass is 16.6. The van der Waals surface area contributed by atoms with Crippen LogP contribution in [0.1, 0.15) is 45.2 Å². The molecule has 2 aromatic heterocycles. The molecule has 0 bridgehead atoms. The van der Waals surface area contributed by atoms with Crippen molar-refractivity contribution in [3.63, 3.8) is 0 Å². The Morgan fingerprint density at radius 3 is 2.88 bits per heavy atom. The van der Waals surface area contributed by atoms with Gasteiger partial charge in [-0.3, -0.25) is 4.90 Å². The molecule has 1 fully saturated rings. The molecule has 25 heavy (non-hydrogen) atoms. The third-order valence-electron chi connectivity index (χ3n) is 4.27. The Labute approximate surface area is 146 Å². The van der Waals surface area contributed by atoms with E-state index in [1.165, 1.54) is 0 Å². The lowest BCUT2D eigenvalue weighted by Gasteiger charge is -2.23. The van der Waals surface area contributed by atoms with Crippen LogP contribution in [0.4, 0.5) is 16.6 Å². The van der Waals surface area contributed by atoms with Crippen molar-refractivity contribution < 1.29 is 14.1 Å².